The molecule has 1 heterocycles. The monoisotopic (exact) mass is 297 g/mol. The van der Waals surface area contributed by atoms with Gasteiger partial charge in [0.1, 0.15) is 12.7 Å². The molecular weight excluding hydrogens is 274 g/mol. The third-order valence-corrected chi connectivity index (χ3v) is 3.03. The van der Waals surface area contributed by atoms with E-state index in [1.807, 2.05) is 13.8 Å². The molecule has 0 aromatic heterocycles. The molecule has 1 aliphatic heterocycles. The number of allylic oxidation sites excluding steroid dienone is 1. The van der Waals surface area contributed by atoms with Gasteiger partial charge in [0.05, 0.1) is 7.11 Å². The fourth-order valence-electron chi connectivity index (χ4n) is 1.87. The summed E-state index contributed by atoms with van der Waals surface area (Å²) in [5.41, 5.74) is 0. The van der Waals surface area contributed by atoms with E-state index in [1.165, 1.54) is 19.1 Å². The summed E-state index contributed by atoms with van der Waals surface area (Å²) in [6.07, 6.45) is 5.18. The highest BCUT2D eigenvalue weighted by atomic mass is 16.6. The fourth-order valence-corrected chi connectivity index (χ4v) is 1.87. The number of carbonyl (C=O) groups excluding carboxylic acids is 2. The molecule has 1 amide bonds. The molecule has 21 heavy (non-hydrogen) atoms. The molecule has 1 aliphatic rings. The maximum absolute atomic E-state index is 12.0. The summed E-state index contributed by atoms with van der Waals surface area (Å²) in [7, 11) is 2.85. The fraction of sp³-hybridized carbons (Fsp3) is 0.643. The van der Waals surface area contributed by atoms with Crippen LogP contribution in [-0.4, -0.2) is 61.7 Å². The van der Waals surface area contributed by atoms with Crippen LogP contribution in [0.4, 0.5) is 4.79 Å². The SMILES string of the molecule is COC(=O)[C@H](CC(C)C)N(C)C(=O)OCN1C=CC=NC1. The number of aliphatic imine (C=N–C) groups is 1. The molecule has 0 aliphatic carbocycles. The number of ether oxygens (including phenoxy) is 2. The van der Waals surface area contributed by atoms with E-state index in [0.717, 1.165) is 0 Å². The summed E-state index contributed by atoms with van der Waals surface area (Å²) in [5, 5.41) is 0. The first-order chi connectivity index (χ1) is 9.95. The Morgan fingerprint density at radius 3 is 2.67 bits per heavy atom. The number of methoxy groups -OCH3 is 1. The number of nitrogens with zero attached hydrogens (tertiary/aromatic N) is 3. The zero-order valence-electron chi connectivity index (χ0n) is 13.0. The molecule has 0 radical (unpaired) electrons. The van der Waals surface area contributed by atoms with Gasteiger partial charge < -0.3 is 14.4 Å². The number of amides is 1. The quantitative estimate of drug-likeness (QED) is 0.694. The van der Waals surface area contributed by atoms with Crippen LogP contribution in [0.2, 0.25) is 0 Å². The molecule has 0 bridgehead atoms. The van der Waals surface area contributed by atoms with Gasteiger partial charge in [-0.25, -0.2) is 9.59 Å². The van der Waals surface area contributed by atoms with Gasteiger partial charge in [0.25, 0.3) is 0 Å². The van der Waals surface area contributed by atoms with Crippen molar-refractivity contribution in [1.82, 2.24) is 9.80 Å². The van der Waals surface area contributed by atoms with Crippen molar-refractivity contribution in [1.29, 1.82) is 0 Å². The largest absolute Gasteiger partial charge is 0.467 e. The highest BCUT2D eigenvalue weighted by Crippen LogP contribution is 2.13. The lowest BCUT2D eigenvalue weighted by atomic mass is 10.0. The van der Waals surface area contributed by atoms with E-state index in [9.17, 15) is 9.59 Å². The van der Waals surface area contributed by atoms with E-state index in [4.69, 9.17) is 9.47 Å². The van der Waals surface area contributed by atoms with E-state index in [2.05, 4.69) is 4.99 Å². The smallest absolute Gasteiger partial charge is 0.411 e. The Hall–Kier alpha value is -2.05. The first-order valence-electron chi connectivity index (χ1n) is 6.83. The highest BCUT2D eigenvalue weighted by molar-refractivity contribution is 5.81. The molecule has 7 heteroatoms. The van der Waals surface area contributed by atoms with Crippen molar-refractivity contribution in [3.05, 3.63) is 12.3 Å². The predicted octanol–water partition coefficient (Wildman–Crippen LogP) is 1.46. The number of esters is 1. The van der Waals surface area contributed by atoms with Crippen LogP contribution in [0.1, 0.15) is 20.3 Å². The van der Waals surface area contributed by atoms with Gasteiger partial charge in [-0.05, 0) is 18.4 Å². The van der Waals surface area contributed by atoms with E-state index >= 15 is 0 Å². The van der Waals surface area contributed by atoms with Crippen molar-refractivity contribution in [3.8, 4) is 0 Å². The Morgan fingerprint density at radius 1 is 1.43 bits per heavy atom. The van der Waals surface area contributed by atoms with Gasteiger partial charge in [0.2, 0.25) is 0 Å². The van der Waals surface area contributed by atoms with Gasteiger partial charge in [-0.3, -0.25) is 9.89 Å². The third-order valence-electron chi connectivity index (χ3n) is 3.03. The lowest BCUT2D eigenvalue weighted by Gasteiger charge is -2.28. The van der Waals surface area contributed by atoms with Gasteiger partial charge in [0.15, 0.2) is 6.73 Å². The van der Waals surface area contributed by atoms with Gasteiger partial charge >= 0.3 is 12.1 Å². The second-order valence-electron chi connectivity index (χ2n) is 5.22. The summed E-state index contributed by atoms with van der Waals surface area (Å²) in [4.78, 5) is 30.9. The van der Waals surface area contributed by atoms with Gasteiger partial charge in [-0.1, -0.05) is 13.8 Å². The highest BCUT2D eigenvalue weighted by Gasteiger charge is 2.29. The van der Waals surface area contributed by atoms with Crippen molar-refractivity contribution in [3.63, 3.8) is 0 Å². The van der Waals surface area contributed by atoms with Crippen LogP contribution in [0.5, 0.6) is 0 Å². The summed E-state index contributed by atoms with van der Waals surface area (Å²) in [5.74, 6) is -0.186. The summed E-state index contributed by atoms with van der Waals surface area (Å²) in [6.45, 7) is 4.49. The maximum atomic E-state index is 12.0. The molecule has 0 saturated heterocycles. The molecule has 0 saturated carbocycles. The van der Waals surface area contributed by atoms with E-state index in [1.54, 1.807) is 23.4 Å². The normalized spacial score (nSPS) is 15.0. The molecular formula is C14H23N3O4. The zero-order valence-corrected chi connectivity index (χ0v) is 13.0. The van der Waals surface area contributed by atoms with Crippen LogP contribution in [0, 0.1) is 5.92 Å². The second kappa shape index (κ2) is 8.28. The van der Waals surface area contributed by atoms with Gasteiger partial charge in [-0.15, -0.1) is 0 Å². The minimum atomic E-state index is -0.641. The number of likely N-dealkylation sites (N-methyl/N-ethyl adjacent to an activating group) is 1. The Bertz CT molecular complexity index is 420. The number of hydrogen-bond acceptors (Lipinski definition) is 6. The average molecular weight is 297 g/mol. The molecule has 0 aromatic rings. The van der Waals surface area contributed by atoms with Crippen molar-refractivity contribution >= 4 is 18.3 Å². The standard InChI is InChI=1S/C14H23N3O4/c1-11(2)8-12(13(18)20-4)16(3)14(19)21-10-17-7-5-6-15-9-17/h5-7,11-12H,8-10H2,1-4H3/t12-/m0/s1. The summed E-state index contributed by atoms with van der Waals surface area (Å²) in [6, 6.07) is -0.641. The number of carbonyl (C=O) groups is 2. The van der Waals surface area contributed by atoms with E-state index in [0.29, 0.717) is 13.1 Å². The van der Waals surface area contributed by atoms with Crippen LogP contribution in [0.3, 0.4) is 0 Å². The number of rotatable bonds is 6. The minimum absolute atomic E-state index is 0.0899. The molecule has 7 nitrogen and oxygen atoms in total. The van der Waals surface area contributed by atoms with Crippen LogP contribution < -0.4 is 0 Å². The van der Waals surface area contributed by atoms with Crippen molar-refractivity contribution < 1.29 is 19.1 Å². The minimum Gasteiger partial charge on any atom is -0.467 e. The maximum Gasteiger partial charge on any atom is 0.411 e. The van der Waals surface area contributed by atoms with Crippen molar-refractivity contribution in [2.75, 3.05) is 27.6 Å². The third kappa shape index (κ3) is 5.45. The van der Waals surface area contributed by atoms with Gasteiger partial charge in [-0.2, -0.15) is 0 Å². The van der Waals surface area contributed by atoms with E-state index < -0.39 is 18.1 Å². The van der Waals surface area contributed by atoms with Crippen LogP contribution >= 0.6 is 0 Å². The molecule has 0 fully saturated rings. The average Bonchev–Trinajstić information content (AvgIpc) is 2.49. The Morgan fingerprint density at radius 2 is 2.14 bits per heavy atom. The first-order valence-corrected chi connectivity index (χ1v) is 6.83. The lowest BCUT2D eigenvalue weighted by molar-refractivity contribution is -0.146. The van der Waals surface area contributed by atoms with Crippen molar-refractivity contribution in [2.24, 2.45) is 10.9 Å². The Balaban J connectivity index is 2.54. The molecule has 118 valence electrons. The molecule has 1 atom stereocenters. The van der Waals surface area contributed by atoms with Crippen LogP contribution in [-0.2, 0) is 14.3 Å². The summed E-state index contributed by atoms with van der Waals surface area (Å²) < 4.78 is 9.93. The molecule has 0 N–H and O–H groups in total. The molecule has 0 aromatic carbocycles. The Labute approximate surface area is 125 Å². The topological polar surface area (TPSA) is 71.4 Å². The number of hydrogen-bond donors (Lipinski definition) is 0. The molecule has 1 rings (SSSR count). The Kier molecular flexibility index (Phi) is 6.71. The van der Waals surface area contributed by atoms with Crippen LogP contribution in [0.25, 0.3) is 0 Å². The van der Waals surface area contributed by atoms with Crippen LogP contribution in [0.15, 0.2) is 17.3 Å². The molecule has 0 spiro atoms. The predicted molar refractivity (Wildman–Crippen MR) is 78.7 cm³/mol. The summed E-state index contributed by atoms with van der Waals surface area (Å²) >= 11 is 0. The lowest BCUT2D eigenvalue weighted by Crippen LogP contribution is -2.44. The second-order valence-corrected chi connectivity index (χ2v) is 5.22. The van der Waals surface area contributed by atoms with Crippen molar-refractivity contribution in [2.45, 2.75) is 26.3 Å². The first kappa shape index (κ1) is 17.0. The van der Waals surface area contributed by atoms with Gasteiger partial charge in [0, 0.05) is 19.5 Å². The molecule has 0 unspecified atom stereocenters. The van der Waals surface area contributed by atoms with E-state index in [-0.39, 0.29) is 12.6 Å². The zero-order chi connectivity index (χ0) is 15.8.